The van der Waals surface area contributed by atoms with Crippen molar-refractivity contribution in [2.75, 3.05) is 19.0 Å². The highest BCUT2D eigenvalue weighted by atomic mass is 19.1. The molecule has 2 aliphatic carbocycles. The van der Waals surface area contributed by atoms with Gasteiger partial charge in [-0.25, -0.2) is 14.4 Å². The Morgan fingerprint density at radius 3 is 2.19 bits per heavy atom. The number of nitrogens with zero attached hydrogens (tertiary/aromatic N) is 3. The lowest BCUT2D eigenvalue weighted by molar-refractivity contribution is -0.137. The highest BCUT2D eigenvalue weighted by Gasteiger charge is 2.28. The molecule has 2 N–H and O–H groups in total. The summed E-state index contributed by atoms with van der Waals surface area (Å²) in [6, 6.07) is 18.0. The fourth-order valence-corrected chi connectivity index (χ4v) is 7.69. The molecule has 0 spiro atoms. The second-order valence-corrected chi connectivity index (χ2v) is 14.3. The number of allylic oxidation sites excluding steroid dienone is 2. The number of aliphatic carboxylic acids is 1. The van der Waals surface area contributed by atoms with E-state index in [9.17, 15) is 23.9 Å². The molecule has 1 fully saturated rings. The third kappa shape index (κ3) is 9.74. The van der Waals surface area contributed by atoms with Gasteiger partial charge in [0.2, 0.25) is 5.91 Å². The molecule has 53 heavy (non-hydrogen) atoms. The molecule has 0 saturated heterocycles. The normalized spacial score (nSPS) is 18.5. The molecule has 0 bridgehead atoms. The Morgan fingerprint density at radius 2 is 1.58 bits per heavy atom. The summed E-state index contributed by atoms with van der Waals surface area (Å²) in [5, 5.41) is 12.3. The predicted molar refractivity (Wildman–Crippen MR) is 203 cm³/mol. The molecule has 276 valence electrons. The molecule has 1 saturated carbocycles. The molecule has 1 atom stereocenters. The second-order valence-electron chi connectivity index (χ2n) is 14.3. The van der Waals surface area contributed by atoms with Gasteiger partial charge >= 0.3 is 5.97 Å². The monoisotopic (exact) mass is 718 g/mol. The van der Waals surface area contributed by atoms with E-state index in [0.717, 1.165) is 47.3 Å². The molecule has 0 radical (unpaired) electrons. The quantitative estimate of drug-likeness (QED) is 0.142. The summed E-state index contributed by atoms with van der Waals surface area (Å²) in [6.45, 7) is 1.91. The molecular weight excluding hydrogens is 671 g/mol. The summed E-state index contributed by atoms with van der Waals surface area (Å²) in [5.74, 6) is 0.773. The summed E-state index contributed by atoms with van der Waals surface area (Å²) in [6.07, 6.45) is 16.5. The van der Waals surface area contributed by atoms with Gasteiger partial charge in [-0.3, -0.25) is 14.4 Å². The maximum Gasteiger partial charge on any atom is 0.323 e. The zero-order valence-corrected chi connectivity index (χ0v) is 30.4. The maximum atomic E-state index is 14.0. The standard InChI is InChI=1S/C43H47FN4O5/c1-3-28-4-9-31(10-5-28)32-13-15-33(16-14-32)36-24-45-42(46-25-36)34-11-6-29(7-12-34)26-48(27-41(50)51)43(52)35-17-19-37(20-18-35)47-40(49)23-30-8-21-39(53-2)38(44)22-30/h6-8,11-12,15,17-22,24-25,28,31-32H,3-5,9-10,13-14,16,23,26-27H2,1-2H3,(H,47,49)(H,50,51). The Balaban J connectivity index is 1.03. The number of hydrogen-bond donors (Lipinski definition) is 2. The van der Waals surface area contributed by atoms with Crippen LogP contribution in [0.25, 0.3) is 17.0 Å². The van der Waals surface area contributed by atoms with E-state index >= 15 is 0 Å². The number of carboxylic acids is 1. The molecule has 0 aliphatic heterocycles. The predicted octanol–water partition coefficient (Wildman–Crippen LogP) is 8.60. The van der Waals surface area contributed by atoms with Gasteiger partial charge in [0.05, 0.1) is 13.5 Å². The molecule has 6 rings (SSSR count). The van der Waals surface area contributed by atoms with E-state index < -0.39 is 24.2 Å². The first-order valence-corrected chi connectivity index (χ1v) is 18.5. The summed E-state index contributed by atoms with van der Waals surface area (Å²) >= 11 is 0. The van der Waals surface area contributed by atoms with E-state index in [1.165, 1.54) is 80.4 Å². The van der Waals surface area contributed by atoms with Gasteiger partial charge in [-0.15, -0.1) is 0 Å². The number of nitrogens with one attached hydrogen (secondary N) is 1. The van der Waals surface area contributed by atoms with Crippen LogP contribution in [0.3, 0.4) is 0 Å². The number of methoxy groups -OCH3 is 1. The van der Waals surface area contributed by atoms with E-state index in [1.807, 2.05) is 36.7 Å². The number of amides is 2. The number of carbonyl (C=O) groups excluding carboxylic acids is 2. The average molecular weight is 719 g/mol. The van der Waals surface area contributed by atoms with Crippen LogP contribution in [0, 0.1) is 23.6 Å². The third-order valence-corrected chi connectivity index (χ3v) is 10.8. The lowest BCUT2D eigenvalue weighted by Crippen LogP contribution is -2.35. The molecule has 1 unspecified atom stereocenters. The van der Waals surface area contributed by atoms with Crippen molar-refractivity contribution in [1.82, 2.24) is 14.9 Å². The molecule has 10 heteroatoms. The van der Waals surface area contributed by atoms with Gasteiger partial charge in [-0.05, 0) is 103 Å². The van der Waals surface area contributed by atoms with Crippen LogP contribution < -0.4 is 10.1 Å². The van der Waals surface area contributed by atoms with Gasteiger partial charge in [0, 0.05) is 41.3 Å². The molecule has 1 heterocycles. The molecule has 4 aromatic rings. The number of ether oxygens (including phenoxy) is 1. The summed E-state index contributed by atoms with van der Waals surface area (Å²) in [5.41, 5.74) is 5.18. The van der Waals surface area contributed by atoms with E-state index in [4.69, 9.17) is 4.74 Å². The van der Waals surface area contributed by atoms with Crippen molar-refractivity contribution >= 4 is 29.0 Å². The number of hydrogen-bond acceptors (Lipinski definition) is 6. The Kier molecular flexibility index (Phi) is 12.3. The fraction of sp³-hybridized carbons (Fsp3) is 0.372. The van der Waals surface area contributed by atoms with Crippen molar-refractivity contribution in [3.63, 3.8) is 0 Å². The van der Waals surface area contributed by atoms with Crippen molar-refractivity contribution < 1.29 is 28.6 Å². The largest absolute Gasteiger partial charge is 0.494 e. The van der Waals surface area contributed by atoms with Crippen molar-refractivity contribution in [3.8, 4) is 17.1 Å². The van der Waals surface area contributed by atoms with E-state index in [2.05, 4.69) is 28.3 Å². The Morgan fingerprint density at radius 1 is 0.887 bits per heavy atom. The number of benzene rings is 3. The fourth-order valence-electron chi connectivity index (χ4n) is 7.69. The van der Waals surface area contributed by atoms with Crippen LogP contribution in [-0.2, 0) is 22.6 Å². The van der Waals surface area contributed by atoms with Gasteiger partial charge < -0.3 is 20.1 Å². The summed E-state index contributed by atoms with van der Waals surface area (Å²) in [4.78, 5) is 48.3. The van der Waals surface area contributed by atoms with Crippen molar-refractivity contribution in [2.45, 2.75) is 71.3 Å². The average Bonchev–Trinajstić information content (AvgIpc) is 3.18. The van der Waals surface area contributed by atoms with Gasteiger partial charge in [-0.2, -0.15) is 0 Å². The number of anilines is 1. The van der Waals surface area contributed by atoms with Crippen LogP contribution in [0.2, 0.25) is 0 Å². The van der Waals surface area contributed by atoms with Crippen LogP contribution in [-0.4, -0.2) is 51.4 Å². The molecule has 9 nitrogen and oxygen atoms in total. The minimum Gasteiger partial charge on any atom is -0.494 e. The maximum absolute atomic E-state index is 14.0. The zero-order valence-electron chi connectivity index (χ0n) is 30.4. The third-order valence-electron chi connectivity index (χ3n) is 10.8. The van der Waals surface area contributed by atoms with E-state index in [0.29, 0.717) is 17.1 Å². The van der Waals surface area contributed by atoms with Crippen LogP contribution in [0.15, 0.2) is 85.2 Å². The zero-order chi connectivity index (χ0) is 37.3. The molecular formula is C43H47FN4O5. The molecule has 2 amide bonds. The molecule has 3 aromatic carbocycles. The van der Waals surface area contributed by atoms with Gasteiger partial charge in [0.15, 0.2) is 17.4 Å². The highest BCUT2D eigenvalue weighted by molar-refractivity contribution is 5.97. The SMILES string of the molecule is CCC1CCC(C2CC=C(c3cnc(-c4ccc(CN(CC(=O)O)C(=O)c5ccc(NC(=O)Cc6ccc(OC)c(F)c6)cc5)cc4)nc3)CC2)CC1. The minimum atomic E-state index is -1.13. The van der Waals surface area contributed by atoms with Crippen molar-refractivity contribution in [1.29, 1.82) is 0 Å². The number of halogens is 1. The van der Waals surface area contributed by atoms with Crippen LogP contribution in [0.1, 0.15) is 85.3 Å². The smallest absolute Gasteiger partial charge is 0.323 e. The van der Waals surface area contributed by atoms with E-state index in [1.54, 1.807) is 18.2 Å². The van der Waals surface area contributed by atoms with Crippen LogP contribution in [0.5, 0.6) is 5.75 Å². The first kappa shape index (κ1) is 37.4. The van der Waals surface area contributed by atoms with Crippen LogP contribution >= 0.6 is 0 Å². The summed E-state index contributed by atoms with van der Waals surface area (Å²) in [7, 11) is 1.37. The van der Waals surface area contributed by atoms with Crippen molar-refractivity contribution in [3.05, 3.63) is 113 Å². The van der Waals surface area contributed by atoms with Gasteiger partial charge in [-0.1, -0.05) is 62.6 Å². The summed E-state index contributed by atoms with van der Waals surface area (Å²) < 4.78 is 18.9. The van der Waals surface area contributed by atoms with Gasteiger partial charge in [0.1, 0.15) is 6.54 Å². The molecule has 1 aromatic heterocycles. The lowest BCUT2D eigenvalue weighted by Gasteiger charge is -2.35. The first-order chi connectivity index (χ1) is 25.7. The minimum absolute atomic E-state index is 0.0528. The van der Waals surface area contributed by atoms with Crippen molar-refractivity contribution in [2.24, 2.45) is 17.8 Å². The van der Waals surface area contributed by atoms with Crippen LogP contribution in [0.4, 0.5) is 10.1 Å². The number of carboxylic acid groups (broad SMARTS) is 1. The molecule has 2 aliphatic rings. The highest BCUT2D eigenvalue weighted by Crippen LogP contribution is 2.41. The number of rotatable bonds is 13. The number of carbonyl (C=O) groups is 3. The second kappa shape index (κ2) is 17.4. The first-order valence-electron chi connectivity index (χ1n) is 18.5. The van der Waals surface area contributed by atoms with Gasteiger partial charge in [0.25, 0.3) is 5.91 Å². The Bertz CT molecular complexity index is 1920. The Hall–Kier alpha value is -5.38. The lowest BCUT2D eigenvalue weighted by atomic mass is 9.71. The number of aromatic nitrogens is 2. The van der Waals surface area contributed by atoms with E-state index in [-0.39, 0.29) is 30.2 Å². The Labute approximate surface area is 310 Å². The topological polar surface area (TPSA) is 122 Å².